The summed E-state index contributed by atoms with van der Waals surface area (Å²) < 4.78 is 0. The van der Waals surface area contributed by atoms with Crippen molar-refractivity contribution in [3.63, 3.8) is 0 Å². The summed E-state index contributed by atoms with van der Waals surface area (Å²) in [6.45, 7) is 0. The molecule has 0 saturated carbocycles. The fourth-order valence-corrected chi connectivity index (χ4v) is 4.84. The molecular weight excluding hydrogens is 404 g/mol. The van der Waals surface area contributed by atoms with E-state index in [1.165, 1.54) is 5.39 Å². The number of benzene rings is 6. The number of rotatable bonds is 3. The molecule has 2 nitrogen and oxygen atoms in total. The van der Waals surface area contributed by atoms with Gasteiger partial charge in [-0.2, -0.15) is 0 Å². The second kappa shape index (κ2) is 7.61. The van der Waals surface area contributed by atoms with E-state index in [9.17, 15) is 9.90 Å². The third-order valence-electron chi connectivity index (χ3n) is 6.33. The van der Waals surface area contributed by atoms with E-state index < -0.39 is 0 Å². The fraction of sp³-hybridized carbons (Fsp3) is 0. The third-order valence-corrected chi connectivity index (χ3v) is 6.33. The van der Waals surface area contributed by atoms with Gasteiger partial charge in [0.2, 0.25) is 0 Å². The molecule has 6 rings (SSSR count). The average Bonchev–Trinajstić information content (AvgIpc) is 2.87. The molecule has 0 aliphatic rings. The molecule has 0 saturated heterocycles. The van der Waals surface area contributed by atoms with Crippen LogP contribution in [0, 0.1) is 0 Å². The summed E-state index contributed by atoms with van der Waals surface area (Å²) in [6, 6.07) is 37.4. The van der Waals surface area contributed by atoms with Gasteiger partial charge in [0, 0.05) is 16.5 Å². The molecule has 0 aliphatic heterocycles. The van der Waals surface area contributed by atoms with Gasteiger partial charge in [-0.25, -0.2) is 0 Å². The molecule has 156 valence electrons. The number of phenols is 1. The molecule has 6 aromatic rings. The van der Waals surface area contributed by atoms with Gasteiger partial charge in [0.15, 0.2) is 5.78 Å². The van der Waals surface area contributed by atoms with Crippen LogP contribution in [0.25, 0.3) is 43.4 Å². The van der Waals surface area contributed by atoms with E-state index in [1.54, 1.807) is 6.07 Å². The van der Waals surface area contributed by atoms with Crippen LogP contribution in [0.3, 0.4) is 0 Å². The van der Waals surface area contributed by atoms with E-state index in [0.29, 0.717) is 16.5 Å². The number of carbonyl (C=O) groups is 1. The molecule has 0 aliphatic carbocycles. The number of aromatic hydroxyl groups is 1. The van der Waals surface area contributed by atoms with Gasteiger partial charge in [0.25, 0.3) is 0 Å². The lowest BCUT2D eigenvalue weighted by Crippen LogP contribution is -2.04. The third kappa shape index (κ3) is 3.07. The molecule has 0 amide bonds. The Morgan fingerprint density at radius 3 is 2.06 bits per heavy atom. The van der Waals surface area contributed by atoms with Crippen LogP contribution in [0.2, 0.25) is 0 Å². The zero-order valence-electron chi connectivity index (χ0n) is 17.8. The smallest absolute Gasteiger partial charge is 0.194 e. The Morgan fingerprint density at radius 2 is 1.24 bits per heavy atom. The Balaban J connectivity index is 1.76. The van der Waals surface area contributed by atoms with Crippen LogP contribution in [0.4, 0.5) is 0 Å². The van der Waals surface area contributed by atoms with E-state index in [4.69, 9.17) is 0 Å². The highest BCUT2D eigenvalue weighted by molar-refractivity contribution is 6.29. The highest BCUT2D eigenvalue weighted by Gasteiger charge is 2.22. The minimum absolute atomic E-state index is 0.0941. The Kier molecular flexibility index (Phi) is 4.44. The van der Waals surface area contributed by atoms with Crippen molar-refractivity contribution in [1.82, 2.24) is 0 Å². The molecular formula is C31H20O2. The number of hydrogen-bond donors (Lipinski definition) is 1. The SMILES string of the molecule is O=C(c1ccccc1)c1c2ccccc2c(-c2ccc3ccccc3c2)c2cccc(O)c12. The quantitative estimate of drug-likeness (QED) is 0.233. The number of fused-ring (bicyclic) bond motifs is 3. The standard InChI is InChI=1S/C31H20O2/c32-27-16-8-15-26-28(23-18-17-20-9-4-5-12-22(20)19-23)24-13-6-7-14-25(24)30(29(26)27)31(33)21-10-2-1-3-11-21/h1-19,32H. The Morgan fingerprint density at radius 1 is 0.576 bits per heavy atom. The lowest BCUT2D eigenvalue weighted by molar-refractivity contribution is 0.104. The maximum atomic E-state index is 13.7. The average molecular weight is 424 g/mol. The van der Waals surface area contributed by atoms with Crippen molar-refractivity contribution in [3.8, 4) is 16.9 Å². The van der Waals surface area contributed by atoms with Crippen molar-refractivity contribution in [2.24, 2.45) is 0 Å². The van der Waals surface area contributed by atoms with E-state index >= 15 is 0 Å². The first-order valence-corrected chi connectivity index (χ1v) is 11.0. The maximum absolute atomic E-state index is 13.7. The molecule has 6 aromatic carbocycles. The largest absolute Gasteiger partial charge is 0.507 e. The first-order chi connectivity index (χ1) is 16.2. The van der Waals surface area contributed by atoms with Gasteiger partial charge in [0.1, 0.15) is 5.75 Å². The van der Waals surface area contributed by atoms with Gasteiger partial charge >= 0.3 is 0 Å². The summed E-state index contributed by atoms with van der Waals surface area (Å²) >= 11 is 0. The first kappa shape index (κ1) is 19.3. The number of hydrogen-bond acceptors (Lipinski definition) is 2. The minimum atomic E-state index is -0.0941. The van der Waals surface area contributed by atoms with Gasteiger partial charge in [-0.15, -0.1) is 0 Å². The molecule has 0 aromatic heterocycles. The Labute approximate surface area is 191 Å². The number of phenolic OH excluding ortho intramolecular Hbond substituents is 1. The van der Waals surface area contributed by atoms with Crippen LogP contribution < -0.4 is 0 Å². The molecule has 0 atom stereocenters. The zero-order valence-corrected chi connectivity index (χ0v) is 17.8. The van der Waals surface area contributed by atoms with Crippen LogP contribution in [-0.2, 0) is 0 Å². The summed E-state index contributed by atoms with van der Waals surface area (Å²) in [7, 11) is 0. The predicted octanol–water partition coefficient (Wildman–Crippen LogP) is 7.75. The van der Waals surface area contributed by atoms with Crippen molar-refractivity contribution in [1.29, 1.82) is 0 Å². The van der Waals surface area contributed by atoms with Crippen molar-refractivity contribution < 1.29 is 9.90 Å². The Hall–Kier alpha value is -4.43. The van der Waals surface area contributed by atoms with Crippen LogP contribution in [-0.4, -0.2) is 10.9 Å². The van der Waals surface area contributed by atoms with E-state index in [1.807, 2.05) is 72.8 Å². The molecule has 0 radical (unpaired) electrons. The van der Waals surface area contributed by atoms with Gasteiger partial charge in [-0.05, 0) is 50.2 Å². The van der Waals surface area contributed by atoms with Crippen molar-refractivity contribution in [2.45, 2.75) is 0 Å². The van der Waals surface area contributed by atoms with Crippen molar-refractivity contribution >= 4 is 38.1 Å². The number of carbonyl (C=O) groups excluding carboxylic acids is 1. The van der Waals surface area contributed by atoms with Crippen LogP contribution in [0.1, 0.15) is 15.9 Å². The summed E-state index contributed by atoms with van der Waals surface area (Å²) in [5.74, 6) is 0.0166. The van der Waals surface area contributed by atoms with Crippen LogP contribution >= 0.6 is 0 Å². The van der Waals surface area contributed by atoms with Crippen LogP contribution in [0.5, 0.6) is 5.75 Å². The van der Waals surface area contributed by atoms with Crippen LogP contribution in [0.15, 0.2) is 115 Å². The molecule has 0 spiro atoms. The molecule has 33 heavy (non-hydrogen) atoms. The fourth-order valence-electron chi connectivity index (χ4n) is 4.84. The van der Waals surface area contributed by atoms with Crippen molar-refractivity contribution in [2.75, 3.05) is 0 Å². The first-order valence-electron chi connectivity index (χ1n) is 11.0. The normalized spacial score (nSPS) is 11.3. The van der Waals surface area contributed by atoms with Crippen molar-refractivity contribution in [3.05, 3.63) is 126 Å². The van der Waals surface area contributed by atoms with Gasteiger partial charge in [-0.3, -0.25) is 4.79 Å². The monoisotopic (exact) mass is 424 g/mol. The lowest BCUT2D eigenvalue weighted by atomic mass is 9.85. The summed E-state index contributed by atoms with van der Waals surface area (Å²) in [5, 5.41) is 16.6. The number of ketones is 1. The highest BCUT2D eigenvalue weighted by atomic mass is 16.3. The highest BCUT2D eigenvalue weighted by Crippen LogP contribution is 2.43. The maximum Gasteiger partial charge on any atom is 0.194 e. The topological polar surface area (TPSA) is 37.3 Å². The molecule has 1 N–H and O–H groups in total. The van der Waals surface area contributed by atoms with Gasteiger partial charge in [0.05, 0.1) is 0 Å². The van der Waals surface area contributed by atoms with E-state index in [0.717, 1.165) is 32.7 Å². The molecule has 2 heteroatoms. The summed E-state index contributed by atoms with van der Waals surface area (Å²) in [4.78, 5) is 13.7. The van der Waals surface area contributed by atoms with E-state index in [-0.39, 0.29) is 11.5 Å². The second-order valence-corrected chi connectivity index (χ2v) is 8.25. The molecule has 0 heterocycles. The lowest BCUT2D eigenvalue weighted by Gasteiger charge is -2.18. The summed E-state index contributed by atoms with van der Waals surface area (Å²) in [5.41, 5.74) is 3.21. The predicted molar refractivity (Wildman–Crippen MR) is 136 cm³/mol. The van der Waals surface area contributed by atoms with Gasteiger partial charge in [-0.1, -0.05) is 103 Å². The molecule has 0 bridgehead atoms. The van der Waals surface area contributed by atoms with Gasteiger partial charge < -0.3 is 5.11 Å². The summed E-state index contributed by atoms with van der Waals surface area (Å²) in [6.07, 6.45) is 0. The molecule has 0 unspecified atom stereocenters. The Bertz CT molecular complexity index is 1680. The second-order valence-electron chi connectivity index (χ2n) is 8.25. The minimum Gasteiger partial charge on any atom is -0.507 e. The van der Waals surface area contributed by atoms with E-state index in [2.05, 4.69) is 36.4 Å². The zero-order chi connectivity index (χ0) is 22.4. The molecule has 0 fully saturated rings.